The molecule has 0 aromatic heterocycles. The Kier molecular flexibility index (Phi) is 22.4. The summed E-state index contributed by atoms with van der Waals surface area (Å²) >= 11 is 0. The topological polar surface area (TPSA) is 0 Å². The van der Waals surface area contributed by atoms with Gasteiger partial charge in [0.25, 0.3) is 0 Å². The third-order valence-electron chi connectivity index (χ3n) is 3.35. The molecule has 107 valence electrons. The summed E-state index contributed by atoms with van der Waals surface area (Å²) in [6.07, 6.45) is 19.8. The smallest absolute Gasteiger partial charge is 0 e. The van der Waals surface area contributed by atoms with Gasteiger partial charge in [0.1, 0.15) is 0 Å². The summed E-state index contributed by atoms with van der Waals surface area (Å²) in [5.74, 6) is 0. The van der Waals surface area contributed by atoms with Crippen molar-refractivity contribution >= 4 is 0 Å². The van der Waals surface area contributed by atoms with E-state index in [4.69, 9.17) is 0 Å². The van der Waals surface area contributed by atoms with Gasteiger partial charge in [0, 0.05) is 20.4 Å². The van der Waals surface area contributed by atoms with E-state index in [9.17, 15) is 0 Å². The van der Waals surface area contributed by atoms with Crippen molar-refractivity contribution in [1.29, 1.82) is 0 Å². The Morgan fingerprint density at radius 1 is 0.529 bits per heavy atom. The maximum atomic E-state index is 3.87. The average molecular weight is 332 g/mol. The molecule has 0 bridgehead atoms. The first-order chi connectivity index (χ1) is 7.91. The Balaban J connectivity index is 0. The van der Waals surface area contributed by atoms with Crippen molar-refractivity contribution in [1.82, 2.24) is 0 Å². The molecule has 0 atom stereocenters. The molecule has 0 saturated heterocycles. The van der Waals surface area contributed by atoms with E-state index >= 15 is 0 Å². The number of hydrogen-bond donors (Lipinski definition) is 0. The quantitative estimate of drug-likeness (QED) is 0.274. The predicted molar refractivity (Wildman–Crippen MR) is 75.7 cm³/mol. The summed E-state index contributed by atoms with van der Waals surface area (Å²) < 4.78 is 0. The van der Waals surface area contributed by atoms with Crippen LogP contribution < -0.4 is 0 Å². The summed E-state index contributed by atoms with van der Waals surface area (Å²) in [6, 6.07) is 0. The van der Waals surface area contributed by atoms with E-state index < -0.39 is 0 Å². The Bertz CT molecular complexity index is 98.1. The molecule has 0 spiro atoms. The van der Waals surface area contributed by atoms with Gasteiger partial charge in [-0.15, -0.1) is 0 Å². The minimum Gasteiger partial charge on any atom is -0.0654 e. The second kappa shape index (κ2) is 19.0. The van der Waals surface area contributed by atoms with Gasteiger partial charge in [-0.2, -0.15) is 0 Å². The van der Waals surface area contributed by atoms with Crippen LogP contribution in [0.15, 0.2) is 0 Å². The van der Waals surface area contributed by atoms with E-state index in [0.29, 0.717) is 0 Å². The molecule has 0 aliphatic heterocycles. The van der Waals surface area contributed by atoms with Gasteiger partial charge >= 0.3 is 0 Å². The first-order valence-corrected chi connectivity index (χ1v) is 7.71. The summed E-state index contributed by atoms with van der Waals surface area (Å²) in [7, 11) is 0. The Morgan fingerprint density at radius 3 is 1.12 bits per heavy atom. The molecule has 0 fully saturated rings. The zero-order chi connectivity index (χ0) is 11.9. The molecule has 0 saturated carbocycles. The molecular formula is C16H33Pd. The van der Waals surface area contributed by atoms with Crippen LogP contribution in [0.3, 0.4) is 0 Å². The number of rotatable bonds is 13. The number of hydrogen-bond acceptors (Lipinski definition) is 0. The van der Waals surface area contributed by atoms with Crippen LogP contribution in [0.25, 0.3) is 0 Å². The Morgan fingerprint density at radius 2 is 0.824 bits per heavy atom. The average Bonchev–Trinajstić information content (AvgIpc) is 2.31. The third kappa shape index (κ3) is 19.2. The third-order valence-corrected chi connectivity index (χ3v) is 3.35. The van der Waals surface area contributed by atoms with Crippen molar-refractivity contribution < 1.29 is 20.4 Å². The molecule has 0 heterocycles. The fourth-order valence-electron chi connectivity index (χ4n) is 2.19. The second-order valence-electron chi connectivity index (χ2n) is 5.10. The van der Waals surface area contributed by atoms with Crippen LogP contribution in [0, 0.1) is 6.92 Å². The van der Waals surface area contributed by atoms with Crippen molar-refractivity contribution in [3.05, 3.63) is 6.92 Å². The summed E-state index contributed by atoms with van der Waals surface area (Å²) in [5, 5.41) is 0. The van der Waals surface area contributed by atoms with Crippen molar-refractivity contribution in [2.75, 3.05) is 0 Å². The SMILES string of the molecule is [CH2]CCCCCCCCCCCCCCC.[Pd]. The van der Waals surface area contributed by atoms with Crippen molar-refractivity contribution in [3.8, 4) is 0 Å². The van der Waals surface area contributed by atoms with Crippen molar-refractivity contribution in [2.45, 2.75) is 96.8 Å². The molecule has 0 aromatic rings. The molecule has 17 heavy (non-hydrogen) atoms. The number of unbranched alkanes of at least 4 members (excludes halogenated alkanes) is 13. The minimum atomic E-state index is 0. The maximum absolute atomic E-state index is 3.87. The molecule has 0 aliphatic carbocycles. The van der Waals surface area contributed by atoms with E-state index in [0.717, 1.165) is 6.42 Å². The van der Waals surface area contributed by atoms with E-state index in [1.165, 1.54) is 83.5 Å². The van der Waals surface area contributed by atoms with Crippen LogP contribution in [0.4, 0.5) is 0 Å². The molecule has 0 nitrogen and oxygen atoms in total. The first kappa shape index (κ1) is 20.0. The molecule has 0 N–H and O–H groups in total. The fourth-order valence-corrected chi connectivity index (χ4v) is 2.19. The largest absolute Gasteiger partial charge is 0.0654 e. The summed E-state index contributed by atoms with van der Waals surface area (Å²) in [6.45, 7) is 6.16. The van der Waals surface area contributed by atoms with E-state index in [2.05, 4.69) is 13.8 Å². The standard InChI is InChI=1S/C16H33.Pd/c1-3-5-7-9-11-13-15-16-14-12-10-8-6-4-2;/h1,3-16H2,2H3;. The first-order valence-electron chi connectivity index (χ1n) is 7.71. The van der Waals surface area contributed by atoms with Gasteiger partial charge in [0.05, 0.1) is 0 Å². The van der Waals surface area contributed by atoms with E-state index in [1.54, 1.807) is 0 Å². The van der Waals surface area contributed by atoms with Crippen molar-refractivity contribution in [2.24, 2.45) is 0 Å². The minimum absolute atomic E-state index is 0. The van der Waals surface area contributed by atoms with Gasteiger partial charge in [-0.3, -0.25) is 0 Å². The Labute approximate surface area is 124 Å². The zero-order valence-corrected chi connectivity index (χ0v) is 13.5. The van der Waals surface area contributed by atoms with Gasteiger partial charge in [-0.1, -0.05) is 104 Å². The molecule has 1 radical (unpaired) electrons. The van der Waals surface area contributed by atoms with Crippen LogP contribution in [0.5, 0.6) is 0 Å². The van der Waals surface area contributed by atoms with Gasteiger partial charge in [-0.25, -0.2) is 0 Å². The molecular weight excluding hydrogens is 299 g/mol. The molecule has 0 rings (SSSR count). The monoisotopic (exact) mass is 331 g/mol. The van der Waals surface area contributed by atoms with Crippen LogP contribution in [0.2, 0.25) is 0 Å². The zero-order valence-electron chi connectivity index (χ0n) is 11.9. The van der Waals surface area contributed by atoms with Crippen LogP contribution in [-0.2, 0) is 20.4 Å². The van der Waals surface area contributed by atoms with Gasteiger partial charge < -0.3 is 0 Å². The van der Waals surface area contributed by atoms with Crippen molar-refractivity contribution in [3.63, 3.8) is 0 Å². The molecule has 0 unspecified atom stereocenters. The maximum Gasteiger partial charge on any atom is 0 e. The van der Waals surface area contributed by atoms with Gasteiger partial charge in [-0.05, 0) is 0 Å². The van der Waals surface area contributed by atoms with Crippen LogP contribution >= 0.6 is 0 Å². The predicted octanol–water partition coefficient (Wildman–Crippen LogP) is 6.30. The molecule has 1 heteroatoms. The second-order valence-corrected chi connectivity index (χ2v) is 5.10. The van der Waals surface area contributed by atoms with Gasteiger partial charge in [0.2, 0.25) is 0 Å². The van der Waals surface area contributed by atoms with E-state index in [-0.39, 0.29) is 20.4 Å². The Hall–Kier alpha value is 0.662. The fraction of sp³-hybridized carbons (Fsp3) is 0.938. The molecule has 0 aromatic carbocycles. The normalized spacial score (nSPS) is 10.2. The van der Waals surface area contributed by atoms with Crippen LogP contribution in [-0.4, -0.2) is 0 Å². The molecule has 0 aliphatic rings. The summed E-state index contributed by atoms with van der Waals surface area (Å²) in [4.78, 5) is 0. The molecule has 0 amide bonds. The summed E-state index contributed by atoms with van der Waals surface area (Å²) in [5.41, 5.74) is 0. The van der Waals surface area contributed by atoms with E-state index in [1.807, 2.05) is 0 Å². The van der Waals surface area contributed by atoms with Crippen LogP contribution in [0.1, 0.15) is 96.8 Å². The van der Waals surface area contributed by atoms with Gasteiger partial charge in [0.15, 0.2) is 0 Å².